The monoisotopic (exact) mass is 625 g/mol. The minimum absolute atomic E-state index is 0.0227. The molecule has 10 atom stereocenters. The number of nitrogens with zero attached hydrogens (tertiary/aromatic N) is 4. The van der Waals surface area contributed by atoms with Crippen molar-refractivity contribution in [2.75, 3.05) is 0 Å². The molecule has 0 saturated carbocycles. The Morgan fingerprint density at radius 2 is 1.47 bits per heavy atom. The van der Waals surface area contributed by atoms with E-state index in [1.54, 1.807) is 0 Å². The summed E-state index contributed by atoms with van der Waals surface area (Å²) in [7, 11) is 0. The third-order valence-electron chi connectivity index (χ3n) is 12.0. The lowest BCUT2D eigenvalue weighted by Crippen LogP contribution is -2.63. The van der Waals surface area contributed by atoms with Crippen LogP contribution in [0.4, 0.5) is 0 Å². The number of aliphatic imine (C=N–C) groups is 2. The van der Waals surface area contributed by atoms with E-state index < -0.39 is 0 Å². The molecule has 0 aromatic heterocycles. The maximum atomic E-state index is 13.5. The summed E-state index contributed by atoms with van der Waals surface area (Å²) in [5.74, 6) is 2.09. The highest BCUT2D eigenvalue weighted by Gasteiger charge is 2.51. The standard InChI is InChI=1S/C37H64N6O2/c1-5-6-7-9-13-16-29-24-32-20-21-33-34(27(4)39-37(41-29)43(32)33)35(44)45-26(3)15-12-10-8-11-14-17-28-23-31-19-18-30-22-25(2)38-36(40-28)42(30)31/h25-34H,5-24H2,1-4H3,(H,38,40)(H,39,41). The molecule has 6 rings (SSSR count). The fourth-order valence-corrected chi connectivity index (χ4v) is 9.74. The number of hydrogen-bond donors (Lipinski definition) is 2. The Balaban J connectivity index is 0.873. The Hall–Kier alpha value is -1.99. The van der Waals surface area contributed by atoms with E-state index in [0.29, 0.717) is 24.2 Å². The molecular weight excluding hydrogens is 560 g/mol. The van der Waals surface area contributed by atoms with E-state index in [2.05, 4.69) is 48.1 Å². The highest BCUT2D eigenvalue weighted by atomic mass is 16.5. The maximum absolute atomic E-state index is 13.5. The van der Waals surface area contributed by atoms with Gasteiger partial charge in [-0.2, -0.15) is 0 Å². The minimum Gasteiger partial charge on any atom is -0.462 e. The summed E-state index contributed by atoms with van der Waals surface area (Å²) < 4.78 is 6.10. The van der Waals surface area contributed by atoms with Crippen LogP contribution < -0.4 is 10.6 Å². The molecule has 10 unspecified atom stereocenters. The molecule has 0 bridgehead atoms. The van der Waals surface area contributed by atoms with Gasteiger partial charge in [0.25, 0.3) is 0 Å². The molecule has 45 heavy (non-hydrogen) atoms. The molecule has 6 aliphatic heterocycles. The van der Waals surface area contributed by atoms with Crippen molar-refractivity contribution < 1.29 is 9.53 Å². The Morgan fingerprint density at radius 3 is 2.29 bits per heavy atom. The summed E-state index contributed by atoms with van der Waals surface area (Å²) in [6.45, 7) is 8.79. The SMILES string of the molecule is CCCCCCCC1CC2CCC3C(C(=O)OC(C)CCCCCCCC4CC5CCC6CC(C)NC(=N4)N56)C(C)N=C(N1)N23. The molecule has 0 aromatic rings. The second kappa shape index (κ2) is 15.3. The van der Waals surface area contributed by atoms with Crippen molar-refractivity contribution >= 4 is 17.9 Å². The van der Waals surface area contributed by atoms with Crippen LogP contribution in [0.25, 0.3) is 0 Å². The molecule has 2 N–H and O–H groups in total. The molecular formula is C37H64N6O2. The fraction of sp³-hybridized carbons (Fsp3) is 0.919. The van der Waals surface area contributed by atoms with Gasteiger partial charge >= 0.3 is 5.97 Å². The molecule has 6 heterocycles. The van der Waals surface area contributed by atoms with Crippen LogP contribution in [-0.4, -0.2) is 82.1 Å². The Bertz CT molecular complexity index is 1050. The van der Waals surface area contributed by atoms with E-state index in [4.69, 9.17) is 14.7 Å². The van der Waals surface area contributed by atoms with Gasteiger partial charge in [0.15, 0.2) is 11.9 Å². The normalized spacial score (nSPS) is 35.5. The summed E-state index contributed by atoms with van der Waals surface area (Å²) in [4.78, 5) is 28.8. The van der Waals surface area contributed by atoms with Gasteiger partial charge in [0.1, 0.15) is 0 Å². The van der Waals surface area contributed by atoms with E-state index in [0.717, 1.165) is 37.3 Å². The van der Waals surface area contributed by atoms with Gasteiger partial charge in [-0.25, -0.2) is 9.98 Å². The van der Waals surface area contributed by atoms with E-state index in [1.165, 1.54) is 115 Å². The van der Waals surface area contributed by atoms with Crippen LogP contribution in [0.1, 0.15) is 156 Å². The van der Waals surface area contributed by atoms with Crippen molar-refractivity contribution in [2.45, 2.75) is 211 Å². The molecule has 0 amide bonds. The van der Waals surface area contributed by atoms with Crippen LogP contribution in [0.2, 0.25) is 0 Å². The number of guanidine groups is 2. The van der Waals surface area contributed by atoms with Crippen LogP contribution in [0.15, 0.2) is 9.98 Å². The largest absolute Gasteiger partial charge is 0.462 e. The van der Waals surface area contributed by atoms with Gasteiger partial charge in [0.05, 0.1) is 24.1 Å². The fourth-order valence-electron chi connectivity index (χ4n) is 9.74. The van der Waals surface area contributed by atoms with Gasteiger partial charge in [0.2, 0.25) is 0 Å². The summed E-state index contributed by atoms with van der Waals surface area (Å²) in [5, 5.41) is 7.45. The summed E-state index contributed by atoms with van der Waals surface area (Å²) in [5.41, 5.74) is 0. The average molecular weight is 625 g/mol. The smallest absolute Gasteiger partial charge is 0.313 e. The Kier molecular flexibility index (Phi) is 11.2. The first-order valence-corrected chi connectivity index (χ1v) is 19.4. The molecule has 0 radical (unpaired) electrons. The maximum Gasteiger partial charge on any atom is 0.313 e. The number of nitrogens with one attached hydrogen (secondary N) is 2. The van der Waals surface area contributed by atoms with E-state index in [-0.39, 0.29) is 30.1 Å². The first-order chi connectivity index (χ1) is 21.9. The average Bonchev–Trinajstić information content (AvgIpc) is 3.61. The van der Waals surface area contributed by atoms with Crippen LogP contribution >= 0.6 is 0 Å². The van der Waals surface area contributed by atoms with E-state index in [1.807, 2.05) is 0 Å². The lowest BCUT2D eigenvalue weighted by Gasteiger charge is -2.47. The third kappa shape index (κ3) is 7.77. The zero-order valence-corrected chi connectivity index (χ0v) is 29.0. The van der Waals surface area contributed by atoms with Crippen molar-refractivity contribution in [1.29, 1.82) is 0 Å². The molecule has 0 aromatic carbocycles. The van der Waals surface area contributed by atoms with Gasteiger partial charge < -0.3 is 25.2 Å². The second-order valence-electron chi connectivity index (χ2n) is 15.7. The van der Waals surface area contributed by atoms with Crippen LogP contribution in [0.3, 0.4) is 0 Å². The summed E-state index contributed by atoms with van der Waals surface area (Å²) >= 11 is 0. The molecule has 8 heteroatoms. The lowest BCUT2D eigenvalue weighted by atomic mass is 9.89. The molecule has 4 fully saturated rings. The molecule has 0 aliphatic carbocycles. The minimum atomic E-state index is -0.147. The van der Waals surface area contributed by atoms with Gasteiger partial charge in [-0.1, -0.05) is 64.7 Å². The Morgan fingerprint density at radius 1 is 0.800 bits per heavy atom. The topological polar surface area (TPSA) is 81.6 Å². The van der Waals surface area contributed by atoms with Crippen LogP contribution in [-0.2, 0) is 9.53 Å². The predicted octanol–water partition coefficient (Wildman–Crippen LogP) is 6.92. The Labute approximate surface area is 274 Å². The number of esters is 1. The third-order valence-corrected chi connectivity index (χ3v) is 12.0. The van der Waals surface area contributed by atoms with Gasteiger partial charge in [-0.15, -0.1) is 0 Å². The second-order valence-corrected chi connectivity index (χ2v) is 15.7. The molecule has 4 saturated heterocycles. The summed E-state index contributed by atoms with van der Waals surface area (Å²) in [6, 6.07) is 3.76. The number of ether oxygens (including phenoxy) is 1. The van der Waals surface area contributed by atoms with Crippen molar-refractivity contribution in [1.82, 2.24) is 20.4 Å². The predicted molar refractivity (Wildman–Crippen MR) is 184 cm³/mol. The van der Waals surface area contributed by atoms with Crippen LogP contribution in [0, 0.1) is 5.92 Å². The first-order valence-electron chi connectivity index (χ1n) is 19.4. The van der Waals surface area contributed by atoms with E-state index >= 15 is 0 Å². The number of rotatable bonds is 16. The van der Waals surface area contributed by atoms with Crippen LogP contribution in [0.5, 0.6) is 0 Å². The van der Waals surface area contributed by atoms with Crippen molar-refractivity contribution in [3.05, 3.63) is 0 Å². The zero-order chi connectivity index (χ0) is 31.3. The number of carbonyl (C=O) groups excluding carboxylic acids is 1. The quantitative estimate of drug-likeness (QED) is 0.143. The lowest BCUT2D eigenvalue weighted by molar-refractivity contribution is -0.156. The molecule has 8 nitrogen and oxygen atoms in total. The van der Waals surface area contributed by atoms with Crippen molar-refractivity contribution in [3.8, 4) is 0 Å². The van der Waals surface area contributed by atoms with Gasteiger partial charge in [0, 0.05) is 36.3 Å². The molecule has 0 spiro atoms. The van der Waals surface area contributed by atoms with E-state index in [9.17, 15) is 4.79 Å². The van der Waals surface area contributed by atoms with Crippen molar-refractivity contribution in [2.24, 2.45) is 15.9 Å². The summed E-state index contributed by atoms with van der Waals surface area (Å²) in [6.07, 6.45) is 24.9. The first kappa shape index (κ1) is 32.9. The number of hydrogen-bond acceptors (Lipinski definition) is 8. The molecule has 6 aliphatic rings. The van der Waals surface area contributed by atoms with Crippen molar-refractivity contribution in [3.63, 3.8) is 0 Å². The van der Waals surface area contributed by atoms with Gasteiger partial charge in [-0.3, -0.25) is 4.79 Å². The molecule has 254 valence electrons. The highest BCUT2D eigenvalue weighted by Crippen LogP contribution is 2.40. The van der Waals surface area contributed by atoms with Gasteiger partial charge in [-0.05, 0) is 91.4 Å². The highest BCUT2D eigenvalue weighted by molar-refractivity contribution is 5.86. The number of carbonyl (C=O) groups is 1. The number of unbranched alkanes of at least 4 members (excludes halogenated alkanes) is 8. The zero-order valence-electron chi connectivity index (χ0n) is 29.0.